The van der Waals surface area contributed by atoms with Gasteiger partial charge in [-0.05, 0) is 97.5 Å². The Bertz CT molecular complexity index is 3400. The van der Waals surface area contributed by atoms with Crippen LogP contribution in [-0.4, -0.2) is 159 Å². The summed E-state index contributed by atoms with van der Waals surface area (Å²) in [5, 5.41) is 38.6. The first-order valence-electron chi connectivity index (χ1n) is 31.0. The van der Waals surface area contributed by atoms with Crippen molar-refractivity contribution in [2.24, 2.45) is 23.1 Å². The largest absolute Gasteiger partial charge is 0.508 e. The molecule has 0 aliphatic carbocycles. The van der Waals surface area contributed by atoms with Crippen LogP contribution >= 0.6 is 0 Å². The Morgan fingerprint density at radius 3 is 1.82 bits per heavy atom. The van der Waals surface area contributed by atoms with Crippen molar-refractivity contribution in [3.8, 4) is 5.75 Å². The summed E-state index contributed by atoms with van der Waals surface area (Å²) in [6, 6.07) is 28.7. The van der Waals surface area contributed by atoms with Gasteiger partial charge < -0.3 is 74.1 Å². The number of hydrogen-bond donors (Lipinski definition) is 12. The van der Waals surface area contributed by atoms with E-state index in [9.17, 15) is 24.6 Å². The number of phenols is 1. The Morgan fingerprint density at radius 1 is 0.648 bits per heavy atom. The number of nitrogens with one attached hydrogen (secondary N) is 7. The van der Waals surface area contributed by atoms with E-state index in [1.165, 1.54) is 24.0 Å². The number of unbranched alkanes of at least 4 members (excludes halogenated alkanes) is 1. The molecule has 23 heteroatoms. The van der Waals surface area contributed by atoms with Crippen molar-refractivity contribution in [1.82, 2.24) is 46.7 Å². The van der Waals surface area contributed by atoms with Crippen molar-refractivity contribution in [1.29, 1.82) is 0 Å². The van der Waals surface area contributed by atoms with Crippen molar-refractivity contribution in [3.63, 3.8) is 0 Å². The van der Waals surface area contributed by atoms with E-state index in [-0.39, 0.29) is 70.3 Å². The standard InChI is InChI=1S/C68H86N12O11/c1-42(2)59-68(91)80(57(39-46-22-11-6-12-23-46)66(89)78-60(43(3)81)61(71)84)35-31-58(83)72-33-17-34-79(67(90)51(70)36-44-18-7-4-8-19-44)56(38-45-20-9-5-10-21-45)65(88)76-54(37-47-27-29-49(82)30-28-47)63(86)75-55(40-48-41-73-52-25-14-13-24-50(48)52)64(87)74-53(62(85)77-59)26-15-16-32-69/h4-14,18-25,27-30,41-43,51,53-57,59-60,73,81-82H,15-17,26,31-40,69-70H2,1-3H3,(H2,71,84)(H,72,83)(H,74,87)(H,75,86)(H,76,88)(H,77,85)(H,78,89)/t43-,51-,53+,54+,55-,56+,57+,59+,60+/m1/s1. The summed E-state index contributed by atoms with van der Waals surface area (Å²) in [5.41, 5.74) is 22.2. The third kappa shape index (κ3) is 20.0. The number of nitrogens with two attached hydrogens (primary N) is 3. The van der Waals surface area contributed by atoms with Gasteiger partial charge >= 0.3 is 0 Å². The van der Waals surface area contributed by atoms with E-state index in [1.807, 2.05) is 54.6 Å². The number of phenolic OH excluding ortho intramolecular Hbond substituents is 1. The summed E-state index contributed by atoms with van der Waals surface area (Å²) >= 11 is 0. The molecule has 0 saturated carbocycles. The first-order valence-corrected chi connectivity index (χ1v) is 31.0. The van der Waals surface area contributed by atoms with E-state index < -0.39 is 126 Å². The van der Waals surface area contributed by atoms with Crippen LogP contribution in [0.15, 0.2) is 146 Å². The molecule has 0 spiro atoms. The summed E-state index contributed by atoms with van der Waals surface area (Å²) in [6.45, 7) is 4.17. The highest BCUT2D eigenvalue weighted by Gasteiger charge is 2.41. The minimum absolute atomic E-state index is 0.00483. The maximum Gasteiger partial charge on any atom is 0.246 e. The lowest BCUT2D eigenvalue weighted by atomic mass is 9.97. The lowest BCUT2D eigenvalue weighted by molar-refractivity contribution is -0.146. The van der Waals surface area contributed by atoms with E-state index in [0.717, 1.165) is 21.4 Å². The third-order valence-corrected chi connectivity index (χ3v) is 16.2. The van der Waals surface area contributed by atoms with E-state index in [4.69, 9.17) is 17.2 Å². The van der Waals surface area contributed by atoms with Crippen molar-refractivity contribution in [3.05, 3.63) is 174 Å². The van der Waals surface area contributed by atoms with E-state index in [1.54, 1.807) is 92.8 Å². The van der Waals surface area contributed by atoms with Crippen molar-refractivity contribution in [2.45, 2.75) is 139 Å². The van der Waals surface area contributed by atoms with Crippen molar-refractivity contribution >= 4 is 64.1 Å². The zero-order valence-corrected chi connectivity index (χ0v) is 51.7. The van der Waals surface area contributed by atoms with Gasteiger partial charge in [-0.2, -0.15) is 0 Å². The molecule has 9 amide bonds. The van der Waals surface area contributed by atoms with Crippen LogP contribution < -0.4 is 49.1 Å². The normalized spacial score (nSPS) is 20.1. The predicted octanol–water partition coefficient (Wildman–Crippen LogP) is 2.09. The molecule has 1 saturated heterocycles. The van der Waals surface area contributed by atoms with Crippen LogP contribution in [0.5, 0.6) is 5.75 Å². The number of rotatable bonds is 21. The topological polar surface area (TPSA) is 367 Å². The van der Waals surface area contributed by atoms with Crippen molar-refractivity contribution in [2.75, 3.05) is 26.2 Å². The number of carbonyl (C=O) groups is 9. The number of aliphatic hydroxyl groups excluding tert-OH is 1. The van der Waals surface area contributed by atoms with Gasteiger partial charge in [-0.15, -0.1) is 0 Å². The first-order chi connectivity index (χ1) is 43.7. The number of aromatic amines is 1. The summed E-state index contributed by atoms with van der Waals surface area (Å²) in [5.74, 6) is -7.92. The molecule has 2 heterocycles. The second-order valence-corrected chi connectivity index (χ2v) is 23.5. The summed E-state index contributed by atoms with van der Waals surface area (Å²) in [6.07, 6.45) is 0.184. The lowest BCUT2D eigenvalue weighted by Gasteiger charge is -2.36. The number of nitrogens with zero attached hydrogens (tertiary/aromatic N) is 2. The zero-order valence-electron chi connectivity index (χ0n) is 51.7. The zero-order chi connectivity index (χ0) is 65.6. The molecule has 0 unspecified atom stereocenters. The van der Waals surface area contributed by atoms with Gasteiger partial charge in [0.05, 0.1) is 12.1 Å². The first kappa shape index (κ1) is 69.0. The predicted molar refractivity (Wildman–Crippen MR) is 344 cm³/mol. The molecule has 7 rings (SSSR count). The molecule has 5 aromatic carbocycles. The molecule has 91 heavy (non-hydrogen) atoms. The number of H-pyrrole nitrogens is 1. The number of aromatic nitrogens is 1. The number of aromatic hydroxyl groups is 1. The van der Waals surface area contributed by atoms with Crippen LogP contribution in [0.3, 0.4) is 0 Å². The summed E-state index contributed by atoms with van der Waals surface area (Å²) in [7, 11) is 0. The minimum atomic E-state index is -1.60. The molecular formula is C68H86N12O11. The SMILES string of the molecule is CC(C)[C@@H]1NC(=O)[C@H](CCCCN)NC(=O)[C@@H](Cc2c[nH]c3ccccc23)NC(=O)[C@H](Cc2ccc(O)cc2)NC(=O)[C@H](Cc2ccccc2)N(C(=O)[C@H](N)Cc2ccccc2)CCCNC(=O)CCN([C@@H](Cc2ccccc2)C(=O)N[C@H](C(N)=O)[C@@H](C)O)C1=O. The van der Waals surface area contributed by atoms with Gasteiger partial charge in [-0.1, -0.05) is 135 Å². The number of para-hydroxylation sites is 1. The smallest absolute Gasteiger partial charge is 0.246 e. The Morgan fingerprint density at radius 2 is 1.21 bits per heavy atom. The minimum Gasteiger partial charge on any atom is -0.508 e. The number of primary amides is 1. The van der Waals surface area contributed by atoms with E-state index in [0.29, 0.717) is 35.1 Å². The number of hydrogen-bond acceptors (Lipinski definition) is 13. The number of carbonyl (C=O) groups excluding carboxylic acids is 9. The Kier molecular flexibility index (Phi) is 25.7. The molecule has 6 aromatic rings. The summed E-state index contributed by atoms with van der Waals surface area (Å²) in [4.78, 5) is 139. The van der Waals surface area contributed by atoms with Gasteiger partial charge in [0, 0.05) is 68.8 Å². The van der Waals surface area contributed by atoms with Gasteiger partial charge in [-0.3, -0.25) is 43.2 Å². The van der Waals surface area contributed by atoms with Gasteiger partial charge in [0.15, 0.2) is 0 Å². The fourth-order valence-electron chi connectivity index (χ4n) is 11.2. The van der Waals surface area contributed by atoms with Crippen LogP contribution in [-0.2, 0) is 75.3 Å². The number of aliphatic hydroxyl groups is 1. The lowest BCUT2D eigenvalue weighted by Crippen LogP contribution is -2.63. The van der Waals surface area contributed by atoms with Gasteiger partial charge in [0.2, 0.25) is 53.2 Å². The molecule has 1 aromatic heterocycles. The molecule has 15 N–H and O–H groups in total. The molecule has 9 atom stereocenters. The fourth-order valence-corrected chi connectivity index (χ4v) is 11.2. The van der Waals surface area contributed by atoms with E-state index >= 15 is 28.8 Å². The van der Waals surface area contributed by atoms with Crippen LogP contribution in [0.4, 0.5) is 0 Å². The van der Waals surface area contributed by atoms with Crippen molar-refractivity contribution < 1.29 is 53.4 Å². The fraction of sp³-hybridized carbons (Fsp3) is 0.397. The number of amides is 9. The Balaban J connectivity index is 1.36. The molecule has 0 radical (unpaired) electrons. The maximum absolute atomic E-state index is 15.6. The van der Waals surface area contributed by atoms with Crippen LogP contribution in [0.25, 0.3) is 10.9 Å². The molecular weight excluding hydrogens is 1160 g/mol. The second kappa shape index (κ2) is 33.9. The third-order valence-electron chi connectivity index (χ3n) is 16.2. The monoisotopic (exact) mass is 1250 g/mol. The van der Waals surface area contributed by atoms with Gasteiger partial charge in [0.1, 0.15) is 48.0 Å². The second-order valence-electron chi connectivity index (χ2n) is 23.5. The highest BCUT2D eigenvalue weighted by Crippen LogP contribution is 2.23. The molecule has 484 valence electrons. The molecule has 1 fully saturated rings. The van der Waals surface area contributed by atoms with Gasteiger partial charge in [-0.25, -0.2) is 0 Å². The average molecular weight is 1250 g/mol. The Labute approximate surface area is 530 Å². The molecule has 0 bridgehead atoms. The van der Waals surface area contributed by atoms with Gasteiger partial charge in [0.25, 0.3) is 0 Å². The highest BCUT2D eigenvalue weighted by molar-refractivity contribution is 5.99. The molecule has 23 nitrogen and oxygen atoms in total. The highest BCUT2D eigenvalue weighted by atomic mass is 16.3. The van der Waals surface area contributed by atoms with Crippen LogP contribution in [0, 0.1) is 5.92 Å². The van der Waals surface area contributed by atoms with Crippen LogP contribution in [0.1, 0.15) is 80.7 Å². The van der Waals surface area contributed by atoms with Crippen LogP contribution in [0.2, 0.25) is 0 Å². The molecule has 1 aliphatic heterocycles. The quantitative estimate of drug-likeness (QED) is 0.0460. The number of fused-ring (bicyclic) bond motifs is 1. The van der Waals surface area contributed by atoms with E-state index in [2.05, 4.69) is 36.9 Å². The average Bonchev–Trinajstić information content (AvgIpc) is 1.96. The Hall–Kier alpha value is -9.45. The number of benzene rings is 5. The maximum atomic E-state index is 15.6. The molecule has 1 aliphatic rings. The summed E-state index contributed by atoms with van der Waals surface area (Å²) < 4.78 is 0.